The monoisotopic (exact) mass is 696 g/mol. The maximum Gasteiger partial charge on any atom is 0.140 e. The second kappa shape index (κ2) is 10.4. The highest BCUT2D eigenvalue weighted by atomic mass is 16.5. The molecule has 3 aliphatic carbocycles. The van der Waals surface area contributed by atoms with Crippen molar-refractivity contribution in [2.45, 2.75) is 10.8 Å². The van der Waals surface area contributed by atoms with Crippen LogP contribution in [-0.4, -0.2) is 0 Å². The molecule has 0 radical (unpaired) electrons. The van der Waals surface area contributed by atoms with Crippen molar-refractivity contribution in [1.82, 2.24) is 0 Å². The van der Waals surface area contributed by atoms with E-state index in [-0.39, 0.29) is 0 Å². The molecule has 4 aliphatic rings. The van der Waals surface area contributed by atoms with Gasteiger partial charge in [-0.05, 0) is 107 Å². The van der Waals surface area contributed by atoms with Crippen LogP contribution in [0.1, 0.15) is 44.5 Å². The molecule has 13 rings (SSSR count). The molecular formula is C54H32O. The highest BCUT2D eigenvalue weighted by molar-refractivity contribution is 6.01. The third-order valence-corrected chi connectivity index (χ3v) is 13.1. The van der Waals surface area contributed by atoms with E-state index in [1.54, 1.807) is 0 Å². The number of ether oxygens (including phenoxy) is 1. The van der Waals surface area contributed by atoms with Crippen molar-refractivity contribution < 1.29 is 4.74 Å². The maximum absolute atomic E-state index is 7.14. The van der Waals surface area contributed by atoms with Gasteiger partial charge in [0.25, 0.3) is 0 Å². The zero-order valence-corrected chi connectivity index (χ0v) is 29.9. The van der Waals surface area contributed by atoms with E-state index in [0.29, 0.717) is 0 Å². The van der Waals surface area contributed by atoms with Crippen molar-refractivity contribution in [3.63, 3.8) is 0 Å². The predicted octanol–water partition coefficient (Wildman–Crippen LogP) is 13.3. The van der Waals surface area contributed by atoms with Gasteiger partial charge in [-0.3, -0.25) is 0 Å². The lowest BCUT2D eigenvalue weighted by atomic mass is 9.65. The Morgan fingerprint density at radius 2 is 0.709 bits per heavy atom. The molecule has 1 nitrogen and oxygen atoms in total. The van der Waals surface area contributed by atoms with Crippen molar-refractivity contribution in [3.05, 3.63) is 239 Å². The molecule has 1 heteroatoms. The molecule has 0 aromatic heterocycles. The Bertz CT molecular complexity index is 3100. The van der Waals surface area contributed by atoms with Crippen LogP contribution in [0.2, 0.25) is 0 Å². The average molecular weight is 697 g/mol. The Hall–Kier alpha value is -6.96. The molecular weight excluding hydrogens is 665 g/mol. The van der Waals surface area contributed by atoms with Gasteiger partial charge in [-0.25, -0.2) is 0 Å². The van der Waals surface area contributed by atoms with Gasteiger partial charge < -0.3 is 4.74 Å². The second-order valence-corrected chi connectivity index (χ2v) is 15.5. The Morgan fingerprint density at radius 1 is 0.273 bits per heavy atom. The average Bonchev–Trinajstić information content (AvgIpc) is 3.83. The summed E-state index contributed by atoms with van der Waals surface area (Å²) < 4.78 is 7.14. The van der Waals surface area contributed by atoms with Gasteiger partial charge in [-0.1, -0.05) is 170 Å². The smallest absolute Gasteiger partial charge is 0.140 e. The molecule has 0 N–H and O–H groups in total. The first-order valence-electron chi connectivity index (χ1n) is 19.3. The van der Waals surface area contributed by atoms with Crippen molar-refractivity contribution >= 4 is 10.8 Å². The molecule has 254 valence electrons. The standard InChI is InChI=1S/C54H32O/c1-2-15-34-31-50-42(30-33(34)14-1)40-19-6-10-24-46(40)54(50)45-23-9-5-18-39(45)41-29-28-35(32-49(41)54)36-20-13-26-48-52(36)55-51-27-12-11-25-47(51)53(48)43-21-7-3-16-37(43)38-17-4-8-22-44(38)53/h1-32H. The first-order chi connectivity index (χ1) is 27.3. The van der Waals surface area contributed by atoms with Crippen molar-refractivity contribution in [2.75, 3.05) is 0 Å². The number of hydrogen-bond acceptors (Lipinski definition) is 1. The van der Waals surface area contributed by atoms with Crippen LogP contribution >= 0.6 is 0 Å². The molecule has 1 heterocycles. The number of hydrogen-bond donors (Lipinski definition) is 0. The Morgan fingerprint density at radius 3 is 1.35 bits per heavy atom. The molecule has 9 aromatic rings. The van der Waals surface area contributed by atoms with Gasteiger partial charge in [0.1, 0.15) is 11.5 Å². The lowest BCUT2D eigenvalue weighted by Gasteiger charge is -2.40. The summed E-state index contributed by atoms with van der Waals surface area (Å²) in [7, 11) is 0. The summed E-state index contributed by atoms with van der Waals surface area (Å²) in [6.07, 6.45) is 0. The van der Waals surface area contributed by atoms with E-state index in [9.17, 15) is 0 Å². The van der Waals surface area contributed by atoms with Gasteiger partial charge >= 0.3 is 0 Å². The van der Waals surface area contributed by atoms with Crippen LogP contribution in [-0.2, 0) is 10.8 Å². The van der Waals surface area contributed by atoms with E-state index < -0.39 is 10.8 Å². The van der Waals surface area contributed by atoms with Crippen LogP contribution in [0.3, 0.4) is 0 Å². The molecule has 0 bridgehead atoms. The quantitative estimate of drug-likeness (QED) is 0.166. The van der Waals surface area contributed by atoms with E-state index >= 15 is 0 Å². The fourth-order valence-corrected chi connectivity index (χ4v) is 11.1. The predicted molar refractivity (Wildman–Crippen MR) is 223 cm³/mol. The lowest BCUT2D eigenvalue weighted by molar-refractivity contribution is 0.438. The van der Waals surface area contributed by atoms with Crippen LogP contribution in [0.5, 0.6) is 11.5 Å². The number of para-hydroxylation sites is 2. The summed E-state index contributed by atoms with van der Waals surface area (Å²) in [6, 6.07) is 72.4. The minimum atomic E-state index is -0.508. The minimum absolute atomic E-state index is 0.454. The van der Waals surface area contributed by atoms with Crippen LogP contribution in [0.4, 0.5) is 0 Å². The summed E-state index contributed by atoms with van der Waals surface area (Å²) in [6.45, 7) is 0. The zero-order chi connectivity index (χ0) is 35.9. The van der Waals surface area contributed by atoms with Crippen molar-refractivity contribution in [2.24, 2.45) is 0 Å². The molecule has 9 aromatic carbocycles. The van der Waals surface area contributed by atoms with Crippen molar-refractivity contribution in [1.29, 1.82) is 0 Å². The highest BCUT2D eigenvalue weighted by Crippen LogP contribution is 2.65. The Labute approximate surface area is 319 Å². The van der Waals surface area contributed by atoms with Gasteiger partial charge in [-0.15, -0.1) is 0 Å². The van der Waals surface area contributed by atoms with Crippen molar-refractivity contribution in [3.8, 4) is 56.0 Å². The Balaban J connectivity index is 1.11. The largest absolute Gasteiger partial charge is 0.456 e. The summed E-state index contributed by atoms with van der Waals surface area (Å²) in [5, 5.41) is 2.54. The SMILES string of the molecule is c1ccc2c(c1)Oc1c(-c3ccc4c(c3)C3(c5ccccc5-4)c4ccccc4-c4cc5ccccc5cc43)cccc1C21c2ccccc2-c2ccccc21. The molecule has 0 fully saturated rings. The summed E-state index contributed by atoms with van der Waals surface area (Å²) >= 11 is 0. The highest BCUT2D eigenvalue weighted by Gasteiger charge is 2.53. The number of fused-ring (bicyclic) bond motifs is 20. The summed E-state index contributed by atoms with van der Waals surface area (Å²) in [5.74, 6) is 1.83. The third-order valence-electron chi connectivity index (χ3n) is 13.1. The van der Waals surface area contributed by atoms with E-state index in [1.165, 1.54) is 88.7 Å². The molecule has 1 unspecified atom stereocenters. The molecule has 0 amide bonds. The van der Waals surface area contributed by atoms with Gasteiger partial charge in [0.15, 0.2) is 0 Å². The zero-order valence-electron chi connectivity index (χ0n) is 29.9. The first kappa shape index (κ1) is 29.5. The molecule has 0 saturated carbocycles. The number of rotatable bonds is 1. The molecule has 55 heavy (non-hydrogen) atoms. The summed E-state index contributed by atoms with van der Waals surface area (Å²) in [4.78, 5) is 0. The van der Waals surface area contributed by atoms with Crippen LogP contribution in [0.25, 0.3) is 55.3 Å². The fourth-order valence-electron chi connectivity index (χ4n) is 11.1. The third kappa shape index (κ3) is 3.46. The second-order valence-electron chi connectivity index (χ2n) is 15.5. The van der Waals surface area contributed by atoms with E-state index in [0.717, 1.165) is 22.6 Å². The van der Waals surface area contributed by atoms with E-state index in [1.807, 2.05) is 0 Å². The van der Waals surface area contributed by atoms with Gasteiger partial charge in [0.05, 0.1) is 10.8 Å². The minimum Gasteiger partial charge on any atom is -0.456 e. The topological polar surface area (TPSA) is 9.23 Å². The van der Waals surface area contributed by atoms with E-state index in [2.05, 4.69) is 194 Å². The van der Waals surface area contributed by atoms with Gasteiger partial charge in [0.2, 0.25) is 0 Å². The van der Waals surface area contributed by atoms with Gasteiger partial charge in [0, 0.05) is 16.7 Å². The summed E-state index contributed by atoms with van der Waals surface area (Å²) in [5.41, 5.74) is 19.5. The lowest BCUT2D eigenvalue weighted by Crippen LogP contribution is -2.32. The first-order valence-corrected chi connectivity index (χ1v) is 19.3. The molecule has 0 saturated heterocycles. The molecule has 2 spiro atoms. The fraction of sp³-hybridized carbons (Fsp3) is 0.0370. The van der Waals surface area contributed by atoms with Crippen LogP contribution in [0.15, 0.2) is 194 Å². The normalized spacial score (nSPS) is 16.7. The molecule has 1 aliphatic heterocycles. The van der Waals surface area contributed by atoms with Crippen LogP contribution in [0, 0.1) is 0 Å². The van der Waals surface area contributed by atoms with Gasteiger partial charge in [-0.2, -0.15) is 0 Å². The van der Waals surface area contributed by atoms with E-state index in [4.69, 9.17) is 4.74 Å². The molecule has 1 atom stereocenters. The van der Waals surface area contributed by atoms with Crippen LogP contribution < -0.4 is 4.74 Å². The number of benzene rings is 9. The Kier molecular flexibility index (Phi) is 5.56. The maximum atomic E-state index is 7.14.